The molecule has 0 saturated carbocycles. The van der Waals surface area contributed by atoms with Crippen LogP contribution in [0.5, 0.6) is 0 Å². The number of nitrogens with two attached hydrogens (primary N) is 1. The van der Waals surface area contributed by atoms with Crippen molar-refractivity contribution in [1.29, 1.82) is 0 Å². The molecule has 0 radical (unpaired) electrons. The van der Waals surface area contributed by atoms with E-state index in [0.29, 0.717) is 18.9 Å². The fourth-order valence-electron chi connectivity index (χ4n) is 1.21. The van der Waals surface area contributed by atoms with Crippen LogP contribution in [0.4, 0.5) is 0 Å². The number of amides is 1. The van der Waals surface area contributed by atoms with Crippen LogP contribution in [-0.4, -0.2) is 17.1 Å². The first-order valence-corrected chi connectivity index (χ1v) is 5.43. The highest BCUT2D eigenvalue weighted by atomic mass is 16.5. The zero-order valence-corrected chi connectivity index (χ0v) is 9.99. The van der Waals surface area contributed by atoms with Crippen molar-refractivity contribution < 1.29 is 9.32 Å². The van der Waals surface area contributed by atoms with E-state index in [1.165, 1.54) is 0 Å². The lowest BCUT2D eigenvalue weighted by Gasteiger charge is -2.14. The molecule has 1 rings (SSSR count). The Hall–Kier alpha value is -1.36. The second-order valence-corrected chi connectivity index (χ2v) is 4.32. The van der Waals surface area contributed by atoms with Crippen molar-refractivity contribution in [3.63, 3.8) is 0 Å². The summed E-state index contributed by atoms with van der Waals surface area (Å²) < 4.78 is 4.89. The van der Waals surface area contributed by atoms with Gasteiger partial charge in [-0.1, -0.05) is 19.0 Å². The van der Waals surface area contributed by atoms with Crippen LogP contribution in [0.2, 0.25) is 0 Å². The third-order valence-electron chi connectivity index (χ3n) is 2.42. The normalized spacial score (nSPS) is 12.8. The van der Waals surface area contributed by atoms with Gasteiger partial charge >= 0.3 is 0 Å². The predicted octanol–water partition coefficient (Wildman–Crippen LogP) is 0.973. The molecule has 16 heavy (non-hydrogen) atoms. The molecule has 0 spiro atoms. The average Bonchev–Trinajstić information content (AvgIpc) is 2.61. The van der Waals surface area contributed by atoms with Gasteiger partial charge < -0.3 is 15.6 Å². The van der Waals surface area contributed by atoms with Crippen molar-refractivity contribution in [1.82, 2.24) is 10.5 Å². The molecule has 0 aliphatic heterocycles. The van der Waals surface area contributed by atoms with Gasteiger partial charge in [-0.15, -0.1) is 0 Å². The predicted molar refractivity (Wildman–Crippen MR) is 60.5 cm³/mol. The molecule has 0 saturated heterocycles. The monoisotopic (exact) mass is 225 g/mol. The van der Waals surface area contributed by atoms with E-state index in [-0.39, 0.29) is 11.9 Å². The Balaban J connectivity index is 2.30. The highest BCUT2D eigenvalue weighted by Crippen LogP contribution is 2.04. The number of aromatic nitrogens is 1. The van der Waals surface area contributed by atoms with Gasteiger partial charge in [-0.3, -0.25) is 4.79 Å². The van der Waals surface area contributed by atoms with Crippen molar-refractivity contribution in [2.75, 3.05) is 0 Å². The smallest absolute Gasteiger partial charge is 0.221 e. The van der Waals surface area contributed by atoms with E-state index in [4.69, 9.17) is 10.3 Å². The van der Waals surface area contributed by atoms with Gasteiger partial charge in [0.1, 0.15) is 11.5 Å². The fraction of sp³-hybridized carbons (Fsp3) is 0.636. The first-order valence-electron chi connectivity index (χ1n) is 5.43. The second kappa shape index (κ2) is 5.65. The number of rotatable bonds is 5. The zero-order valence-electron chi connectivity index (χ0n) is 9.99. The van der Waals surface area contributed by atoms with Crippen LogP contribution in [0.3, 0.4) is 0 Å². The molecule has 1 aromatic rings. The number of carbonyl (C=O) groups excluding carboxylic acids is 1. The summed E-state index contributed by atoms with van der Waals surface area (Å²) in [5.74, 6) is 0.991. The van der Waals surface area contributed by atoms with E-state index < -0.39 is 0 Å². The summed E-state index contributed by atoms with van der Waals surface area (Å²) in [7, 11) is 0. The summed E-state index contributed by atoms with van der Waals surface area (Å²) in [6, 6.07) is 1.70. The van der Waals surface area contributed by atoms with Gasteiger partial charge in [0.25, 0.3) is 0 Å². The topological polar surface area (TPSA) is 81.2 Å². The lowest BCUT2D eigenvalue weighted by Crippen LogP contribution is -2.34. The number of nitrogens with zero attached hydrogens (tertiary/aromatic N) is 1. The van der Waals surface area contributed by atoms with Crippen molar-refractivity contribution in [2.24, 2.45) is 11.7 Å². The standard InChI is InChI=1S/C11H19N3O2/c1-7(2)10(12)5-11(15)13-6-9-4-8(3)16-14-9/h4,7,10H,5-6,12H2,1-3H3,(H,13,15). The third-order valence-corrected chi connectivity index (χ3v) is 2.42. The SMILES string of the molecule is Cc1cc(CNC(=O)CC(N)C(C)C)no1. The summed E-state index contributed by atoms with van der Waals surface area (Å²) in [6.45, 7) is 6.20. The lowest BCUT2D eigenvalue weighted by molar-refractivity contribution is -0.121. The summed E-state index contributed by atoms with van der Waals surface area (Å²) in [5.41, 5.74) is 6.52. The third kappa shape index (κ3) is 4.02. The number of hydrogen-bond donors (Lipinski definition) is 2. The molecule has 0 aliphatic carbocycles. The summed E-state index contributed by atoms with van der Waals surface area (Å²) in [4.78, 5) is 11.5. The van der Waals surface area contributed by atoms with E-state index in [0.717, 1.165) is 11.5 Å². The maximum absolute atomic E-state index is 11.5. The van der Waals surface area contributed by atoms with Gasteiger partial charge in [0.05, 0.1) is 6.54 Å². The second-order valence-electron chi connectivity index (χ2n) is 4.32. The summed E-state index contributed by atoms with van der Waals surface area (Å²) in [5, 5.41) is 6.54. The molecule has 3 N–H and O–H groups in total. The zero-order chi connectivity index (χ0) is 12.1. The fourth-order valence-corrected chi connectivity index (χ4v) is 1.21. The Morgan fingerprint density at radius 1 is 1.62 bits per heavy atom. The molecule has 0 aliphatic rings. The van der Waals surface area contributed by atoms with Gasteiger partial charge in [-0.05, 0) is 12.8 Å². The van der Waals surface area contributed by atoms with Crippen LogP contribution >= 0.6 is 0 Å². The first kappa shape index (κ1) is 12.7. The Morgan fingerprint density at radius 2 is 2.31 bits per heavy atom. The number of hydrogen-bond acceptors (Lipinski definition) is 4. The van der Waals surface area contributed by atoms with Gasteiger partial charge in [-0.25, -0.2) is 0 Å². The summed E-state index contributed by atoms with van der Waals surface area (Å²) in [6.07, 6.45) is 0.342. The lowest BCUT2D eigenvalue weighted by atomic mass is 10.0. The quantitative estimate of drug-likeness (QED) is 0.782. The molecule has 1 amide bonds. The summed E-state index contributed by atoms with van der Waals surface area (Å²) >= 11 is 0. The first-order chi connectivity index (χ1) is 7.49. The molecule has 0 bridgehead atoms. The van der Waals surface area contributed by atoms with Crippen LogP contribution < -0.4 is 11.1 Å². The number of carbonyl (C=O) groups is 1. The van der Waals surface area contributed by atoms with Crippen LogP contribution in [0.25, 0.3) is 0 Å². The molecule has 0 fully saturated rings. The highest BCUT2D eigenvalue weighted by Gasteiger charge is 2.12. The molecule has 5 nitrogen and oxygen atoms in total. The minimum atomic E-state index is -0.0981. The van der Waals surface area contributed by atoms with Crippen LogP contribution in [0.1, 0.15) is 31.7 Å². The van der Waals surface area contributed by atoms with Crippen molar-refractivity contribution in [2.45, 2.75) is 39.8 Å². The number of aryl methyl sites for hydroxylation is 1. The van der Waals surface area contributed by atoms with Crippen LogP contribution in [0.15, 0.2) is 10.6 Å². The molecule has 0 aromatic carbocycles. The van der Waals surface area contributed by atoms with E-state index in [9.17, 15) is 4.79 Å². The Kier molecular flexibility index (Phi) is 4.49. The largest absolute Gasteiger partial charge is 0.361 e. The maximum atomic E-state index is 11.5. The minimum absolute atomic E-state index is 0.0538. The van der Waals surface area contributed by atoms with E-state index in [1.807, 2.05) is 20.8 Å². The van der Waals surface area contributed by atoms with Crippen molar-refractivity contribution >= 4 is 5.91 Å². The molecule has 1 atom stereocenters. The Morgan fingerprint density at radius 3 is 2.81 bits per heavy atom. The van der Waals surface area contributed by atoms with Gasteiger partial charge in [0, 0.05) is 18.5 Å². The molecular weight excluding hydrogens is 206 g/mol. The van der Waals surface area contributed by atoms with Crippen molar-refractivity contribution in [3.8, 4) is 0 Å². The van der Waals surface area contributed by atoms with E-state index >= 15 is 0 Å². The number of nitrogens with one attached hydrogen (secondary N) is 1. The average molecular weight is 225 g/mol. The maximum Gasteiger partial charge on any atom is 0.221 e. The molecule has 1 unspecified atom stereocenters. The van der Waals surface area contributed by atoms with Crippen molar-refractivity contribution in [3.05, 3.63) is 17.5 Å². The molecule has 1 aromatic heterocycles. The molecule has 1 heterocycles. The highest BCUT2D eigenvalue weighted by molar-refractivity contribution is 5.76. The van der Waals surface area contributed by atoms with Gasteiger partial charge in [0.2, 0.25) is 5.91 Å². The Labute approximate surface area is 95.4 Å². The van der Waals surface area contributed by atoms with E-state index in [2.05, 4.69) is 10.5 Å². The van der Waals surface area contributed by atoms with E-state index in [1.54, 1.807) is 6.07 Å². The molecule has 5 heteroatoms. The molecule has 90 valence electrons. The minimum Gasteiger partial charge on any atom is -0.361 e. The van der Waals surface area contributed by atoms with Gasteiger partial charge in [0.15, 0.2) is 0 Å². The van der Waals surface area contributed by atoms with Crippen LogP contribution in [0, 0.1) is 12.8 Å². The van der Waals surface area contributed by atoms with Gasteiger partial charge in [-0.2, -0.15) is 0 Å². The Bertz CT molecular complexity index is 347. The van der Waals surface area contributed by atoms with Crippen LogP contribution in [-0.2, 0) is 11.3 Å². The molecular formula is C11H19N3O2.